The van der Waals surface area contributed by atoms with Crippen LogP contribution in [0.1, 0.15) is 11.3 Å². The van der Waals surface area contributed by atoms with Crippen LogP contribution in [0.5, 0.6) is 0 Å². The molecule has 0 atom stereocenters. The third-order valence-electron chi connectivity index (χ3n) is 3.65. The van der Waals surface area contributed by atoms with E-state index in [1.165, 1.54) is 23.1 Å². The van der Waals surface area contributed by atoms with Gasteiger partial charge in [-0.15, -0.1) is 0 Å². The fraction of sp³-hybridized carbons (Fsp3) is 0.0625. The Morgan fingerprint density at radius 3 is 2.76 bits per heavy atom. The van der Waals surface area contributed by atoms with E-state index in [-0.39, 0.29) is 23.8 Å². The lowest BCUT2D eigenvalue weighted by Crippen LogP contribution is -2.13. The molecule has 0 saturated heterocycles. The molecule has 7 nitrogen and oxygen atoms in total. The third-order valence-corrected chi connectivity index (χ3v) is 3.65. The summed E-state index contributed by atoms with van der Waals surface area (Å²) in [6.45, 7) is 0. The first-order valence-corrected chi connectivity index (χ1v) is 7.29. The Kier molecular flexibility index (Phi) is 3.53. The fourth-order valence-corrected chi connectivity index (χ4v) is 2.46. The van der Waals surface area contributed by atoms with Crippen LogP contribution in [-0.2, 0) is 6.42 Å². The van der Waals surface area contributed by atoms with Crippen molar-refractivity contribution in [2.24, 2.45) is 0 Å². The molecule has 3 aromatic heterocycles. The first-order chi connectivity index (χ1) is 12.1. The number of H-pyrrole nitrogens is 1. The number of rotatable bonds is 3. The molecule has 3 heterocycles. The lowest BCUT2D eigenvalue weighted by atomic mass is 10.1. The van der Waals surface area contributed by atoms with E-state index in [4.69, 9.17) is 0 Å². The summed E-state index contributed by atoms with van der Waals surface area (Å²) in [4.78, 5) is 26.1. The second kappa shape index (κ2) is 5.86. The van der Waals surface area contributed by atoms with Gasteiger partial charge in [-0.2, -0.15) is 9.49 Å². The highest BCUT2D eigenvalue weighted by Gasteiger charge is 2.14. The number of hydrogen-bond donors (Lipinski definition) is 1. The van der Waals surface area contributed by atoms with Crippen LogP contribution in [0, 0.1) is 11.6 Å². The van der Waals surface area contributed by atoms with Crippen molar-refractivity contribution in [3.63, 3.8) is 0 Å². The highest BCUT2D eigenvalue weighted by atomic mass is 19.1. The highest BCUT2D eigenvalue weighted by molar-refractivity contribution is 5.54. The van der Waals surface area contributed by atoms with Gasteiger partial charge in [0.25, 0.3) is 5.56 Å². The SMILES string of the molecule is O=c1[nH]c(-c2cn3ncnc3c(Cc3ccccc3F)n2)ncc1F. The monoisotopic (exact) mass is 340 g/mol. The van der Waals surface area contributed by atoms with Gasteiger partial charge in [-0.3, -0.25) is 4.79 Å². The van der Waals surface area contributed by atoms with E-state index in [0.29, 0.717) is 16.9 Å². The molecule has 0 bridgehead atoms. The van der Waals surface area contributed by atoms with E-state index in [0.717, 1.165) is 6.20 Å². The molecule has 124 valence electrons. The van der Waals surface area contributed by atoms with Crippen molar-refractivity contribution in [1.82, 2.24) is 29.5 Å². The van der Waals surface area contributed by atoms with Crippen molar-refractivity contribution in [3.05, 3.63) is 76.2 Å². The van der Waals surface area contributed by atoms with Crippen LogP contribution in [0.25, 0.3) is 17.2 Å². The normalized spacial score (nSPS) is 11.1. The van der Waals surface area contributed by atoms with Gasteiger partial charge in [-0.05, 0) is 11.6 Å². The minimum Gasteiger partial charge on any atom is -0.303 e. The van der Waals surface area contributed by atoms with Crippen LogP contribution in [0.3, 0.4) is 0 Å². The fourth-order valence-electron chi connectivity index (χ4n) is 2.46. The van der Waals surface area contributed by atoms with Gasteiger partial charge >= 0.3 is 0 Å². The summed E-state index contributed by atoms with van der Waals surface area (Å²) >= 11 is 0. The van der Waals surface area contributed by atoms with Gasteiger partial charge < -0.3 is 4.98 Å². The molecule has 0 spiro atoms. The van der Waals surface area contributed by atoms with Crippen LogP contribution < -0.4 is 5.56 Å². The summed E-state index contributed by atoms with van der Waals surface area (Å²) in [5.74, 6) is -1.27. The van der Waals surface area contributed by atoms with Crippen LogP contribution in [-0.4, -0.2) is 29.5 Å². The molecule has 9 heteroatoms. The number of nitrogens with one attached hydrogen (secondary N) is 1. The maximum atomic E-state index is 13.9. The molecule has 0 aliphatic carbocycles. The Morgan fingerprint density at radius 2 is 1.96 bits per heavy atom. The smallest absolute Gasteiger partial charge is 0.287 e. The average molecular weight is 340 g/mol. The number of aromatic amines is 1. The maximum Gasteiger partial charge on any atom is 0.287 e. The Morgan fingerprint density at radius 1 is 1.12 bits per heavy atom. The van der Waals surface area contributed by atoms with E-state index >= 15 is 0 Å². The topological polar surface area (TPSA) is 88.8 Å². The van der Waals surface area contributed by atoms with E-state index in [9.17, 15) is 13.6 Å². The number of halogens is 2. The highest BCUT2D eigenvalue weighted by Crippen LogP contribution is 2.18. The third kappa shape index (κ3) is 2.75. The predicted octanol–water partition coefficient (Wildman–Crippen LogP) is 1.74. The molecular weight excluding hydrogens is 330 g/mol. The molecule has 0 amide bonds. The Bertz CT molecular complexity index is 1140. The lowest BCUT2D eigenvalue weighted by Gasteiger charge is -2.07. The first kappa shape index (κ1) is 15.1. The molecule has 25 heavy (non-hydrogen) atoms. The second-order valence-corrected chi connectivity index (χ2v) is 5.28. The van der Waals surface area contributed by atoms with Gasteiger partial charge in [0.2, 0.25) is 5.82 Å². The number of fused-ring (bicyclic) bond motifs is 1. The second-order valence-electron chi connectivity index (χ2n) is 5.28. The Hall–Kier alpha value is -3.49. The molecule has 0 radical (unpaired) electrons. The van der Waals surface area contributed by atoms with Crippen molar-refractivity contribution in [2.75, 3.05) is 0 Å². The van der Waals surface area contributed by atoms with Crippen molar-refractivity contribution < 1.29 is 8.78 Å². The molecule has 0 aliphatic heterocycles. The van der Waals surface area contributed by atoms with E-state index in [1.54, 1.807) is 18.2 Å². The van der Waals surface area contributed by atoms with Crippen molar-refractivity contribution in [3.8, 4) is 11.5 Å². The lowest BCUT2D eigenvalue weighted by molar-refractivity contribution is 0.601. The largest absolute Gasteiger partial charge is 0.303 e. The number of hydrogen-bond acceptors (Lipinski definition) is 5. The van der Waals surface area contributed by atoms with Gasteiger partial charge in [-0.25, -0.2) is 23.9 Å². The van der Waals surface area contributed by atoms with Crippen molar-refractivity contribution in [2.45, 2.75) is 6.42 Å². The zero-order chi connectivity index (χ0) is 17.4. The summed E-state index contributed by atoms with van der Waals surface area (Å²) in [6, 6.07) is 6.33. The molecule has 1 N–H and O–H groups in total. The maximum absolute atomic E-state index is 13.9. The van der Waals surface area contributed by atoms with Gasteiger partial charge in [0, 0.05) is 6.42 Å². The molecule has 0 unspecified atom stereocenters. The summed E-state index contributed by atoms with van der Waals surface area (Å²) < 4.78 is 28.5. The molecule has 0 aliphatic rings. The van der Waals surface area contributed by atoms with Crippen LogP contribution in [0.2, 0.25) is 0 Å². The standard InChI is InChI=1S/C16H10F2N6O/c17-10-4-2-1-3-9(10)5-12-15-20-8-21-24(15)7-13(22-12)14-19-6-11(18)16(25)23-14/h1-4,6-8H,5H2,(H,19,23,25). The summed E-state index contributed by atoms with van der Waals surface area (Å²) in [5.41, 5.74) is 0.712. The summed E-state index contributed by atoms with van der Waals surface area (Å²) in [6.07, 6.45) is 3.84. The van der Waals surface area contributed by atoms with E-state index in [2.05, 4.69) is 25.0 Å². The molecule has 0 fully saturated rings. The van der Waals surface area contributed by atoms with Gasteiger partial charge in [-0.1, -0.05) is 18.2 Å². The van der Waals surface area contributed by atoms with Crippen LogP contribution in [0.15, 0.2) is 47.8 Å². The molecular formula is C16H10F2N6O. The molecule has 1 aromatic carbocycles. The zero-order valence-electron chi connectivity index (χ0n) is 12.6. The molecule has 4 rings (SSSR count). The van der Waals surface area contributed by atoms with E-state index in [1.807, 2.05) is 0 Å². The van der Waals surface area contributed by atoms with Crippen molar-refractivity contribution in [1.29, 1.82) is 0 Å². The number of nitrogens with zero attached hydrogens (tertiary/aromatic N) is 5. The molecule has 0 saturated carbocycles. The van der Waals surface area contributed by atoms with Gasteiger partial charge in [0.1, 0.15) is 17.8 Å². The van der Waals surface area contributed by atoms with Crippen LogP contribution in [0.4, 0.5) is 8.78 Å². The zero-order valence-corrected chi connectivity index (χ0v) is 12.6. The number of benzene rings is 1. The minimum absolute atomic E-state index is 0.0820. The predicted molar refractivity (Wildman–Crippen MR) is 83.8 cm³/mol. The molecule has 4 aromatic rings. The van der Waals surface area contributed by atoms with Crippen molar-refractivity contribution >= 4 is 5.65 Å². The van der Waals surface area contributed by atoms with Gasteiger partial charge in [0.15, 0.2) is 11.5 Å². The first-order valence-electron chi connectivity index (χ1n) is 7.29. The summed E-state index contributed by atoms with van der Waals surface area (Å²) in [5, 5.41) is 4.05. The van der Waals surface area contributed by atoms with Crippen LogP contribution >= 0.6 is 0 Å². The Balaban J connectivity index is 1.86. The average Bonchev–Trinajstić information content (AvgIpc) is 3.08. The van der Waals surface area contributed by atoms with E-state index < -0.39 is 11.4 Å². The number of aromatic nitrogens is 6. The quantitative estimate of drug-likeness (QED) is 0.614. The Labute approximate surface area is 139 Å². The van der Waals surface area contributed by atoms with Gasteiger partial charge in [0.05, 0.1) is 18.1 Å². The summed E-state index contributed by atoms with van der Waals surface area (Å²) in [7, 11) is 0. The minimum atomic E-state index is -0.989.